The van der Waals surface area contributed by atoms with Gasteiger partial charge < -0.3 is 15.3 Å². The van der Waals surface area contributed by atoms with Gasteiger partial charge in [-0.25, -0.2) is 0 Å². The van der Waals surface area contributed by atoms with Crippen molar-refractivity contribution < 1.29 is 20.1 Å². The van der Waals surface area contributed by atoms with E-state index >= 15 is 0 Å². The number of aromatic hydroxyl groups is 1. The molecule has 6 heteroatoms. The van der Waals surface area contributed by atoms with Gasteiger partial charge in [0.25, 0.3) is 0 Å². The average Bonchev–Trinajstić information content (AvgIpc) is 2.47. The normalized spacial score (nSPS) is 26.0. The molecule has 1 aliphatic heterocycles. The molecule has 1 saturated heterocycles. The van der Waals surface area contributed by atoms with E-state index in [0.29, 0.717) is 31.0 Å². The van der Waals surface area contributed by atoms with Gasteiger partial charge in [0.1, 0.15) is 5.75 Å². The molecule has 0 aliphatic carbocycles. The molecule has 1 fully saturated rings. The number of benzene rings is 1. The van der Waals surface area contributed by atoms with Crippen LogP contribution in [-0.2, 0) is 11.3 Å². The fraction of sp³-hybridized carbons (Fsp3) is 0.562. The van der Waals surface area contributed by atoms with E-state index in [1.54, 1.807) is 6.07 Å². The van der Waals surface area contributed by atoms with Crippen molar-refractivity contribution in [1.29, 1.82) is 0 Å². The highest BCUT2D eigenvalue weighted by Crippen LogP contribution is 2.38. The van der Waals surface area contributed by atoms with Crippen LogP contribution in [0.1, 0.15) is 31.7 Å². The molecule has 0 radical (unpaired) electrons. The van der Waals surface area contributed by atoms with Crippen molar-refractivity contribution in [3.8, 4) is 5.75 Å². The van der Waals surface area contributed by atoms with Crippen LogP contribution in [0.3, 0.4) is 0 Å². The summed E-state index contributed by atoms with van der Waals surface area (Å²) in [6, 6.07) is 5.06. The summed E-state index contributed by atoms with van der Waals surface area (Å²) >= 11 is 6.07. The van der Waals surface area contributed by atoms with Crippen LogP contribution in [0.15, 0.2) is 18.2 Å². The Labute approximate surface area is 135 Å². The summed E-state index contributed by atoms with van der Waals surface area (Å²) in [5.74, 6) is -0.889. The third kappa shape index (κ3) is 3.21. The van der Waals surface area contributed by atoms with E-state index < -0.39 is 17.5 Å². The summed E-state index contributed by atoms with van der Waals surface area (Å²) < 4.78 is 0. The molecular formula is C16H22ClNO4. The third-order valence-corrected chi connectivity index (χ3v) is 4.95. The van der Waals surface area contributed by atoms with Crippen LogP contribution < -0.4 is 0 Å². The lowest BCUT2D eigenvalue weighted by atomic mass is 9.73. The Morgan fingerprint density at radius 1 is 1.50 bits per heavy atom. The van der Waals surface area contributed by atoms with E-state index in [0.717, 1.165) is 12.0 Å². The molecule has 0 aromatic heterocycles. The van der Waals surface area contributed by atoms with Gasteiger partial charge in [-0.3, -0.25) is 9.69 Å². The topological polar surface area (TPSA) is 81.0 Å². The number of piperidine rings is 1. The highest BCUT2D eigenvalue weighted by Gasteiger charge is 2.47. The number of aliphatic hydroxyl groups is 1. The number of phenols is 1. The van der Waals surface area contributed by atoms with Crippen LogP contribution in [0.25, 0.3) is 0 Å². The number of nitrogens with zero attached hydrogens (tertiary/aromatic N) is 1. The number of β-amino-alcohol motifs (C(OH)–C–C–N with tert-alkyl or cyclic N) is 1. The fourth-order valence-corrected chi connectivity index (χ4v) is 3.39. The zero-order valence-electron chi connectivity index (χ0n) is 12.6. The van der Waals surface area contributed by atoms with E-state index in [1.807, 2.05) is 17.9 Å². The van der Waals surface area contributed by atoms with Gasteiger partial charge in [-0.15, -0.1) is 0 Å². The summed E-state index contributed by atoms with van der Waals surface area (Å²) in [7, 11) is 0. The van der Waals surface area contributed by atoms with Gasteiger partial charge in [0, 0.05) is 13.1 Å². The number of hydrogen-bond donors (Lipinski definition) is 3. The van der Waals surface area contributed by atoms with E-state index in [9.17, 15) is 20.1 Å². The van der Waals surface area contributed by atoms with Crippen LogP contribution in [0.5, 0.6) is 5.75 Å². The second kappa shape index (κ2) is 6.86. The van der Waals surface area contributed by atoms with Crippen molar-refractivity contribution in [3.63, 3.8) is 0 Å². The maximum Gasteiger partial charge on any atom is 0.312 e. The molecule has 0 bridgehead atoms. The predicted octanol–water partition coefficient (Wildman–Crippen LogP) is 2.48. The van der Waals surface area contributed by atoms with Crippen molar-refractivity contribution >= 4 is 17.6 Å². The van der Waals surface area contributed by atoms with E-state index in [-0.39, 0.29) is 12.3 Å². The van der Waals surface area contributed by atoms with Crippen molar-refractivity contribution in [2.45, 2.75) is 38.8 Å². The third-order valence-electron chi connectivity index (χ3n) is 4.52. The van der Waals surface area contributed by atoms with E-state index in [1.165, 1.54) is 6.07 Å². The lowest BCUT2D eigenvalue weighted by Gasteiger charge is -2.42. The number of aliphatic hydroxyl groups excluding tert-OH is 1. The molecular weight excluding hydrogens is 306 g/mol. The summed E-state index contributed by atoms with van der Waals surface area (Å²) in [5.41, 5.74) is -0.277. The first-order valence-electron chi connectivity index (χ1n) is 7.51. The smallest absolute Gasteiger partial charge is 0.312 e. The number of aliphatic carboxylic acids is 1. The molecule has 2 atom stereocenters. The van der Waals surface area contributed by atoms with Crippen LogP contribution in [0.2, 0.25) is 5.02 Å². The number of hydrogen-bond acceptors (Lipinski definition) is 4. The number of halogens is 1. The minimum absolute atomic E-state index is 0.0302. The minimum atomic E-state index is -1.05. The Morgan fingerprint density at radius 3 is 2.82 bits per heavy atom. The van der Waals surface area contributed by atoms with Gasteiger partial charge in [0.15, 0.2) is 0 Å². The molecule has 1 aromatic carbocycles. The second-order valence-corrected chi connectivity index (χ2v) is 6.34. The molecule has 5 nitrogen and oxygen atoms in total. The summed E-state index contributed by atoms with van der Waals surface area (Å²) in [6.07, 6.45) is 0.703. The maximum absolute atomic E-state index is 11.6. The molecule has 122 valence electrons. The van der Waals surface area contributed by atoms with Gasteiger partial charge in [-0.05, 0) is 31.0 Å². The Hall–Kier alpha value is -1.30. The van der Waals surface area contributed by atoms with Crippen LogP contribution >= 0.6 is 11.6 Å². The van der Waals surface area contributed by atoms with Gasteiger partial charge in [0.05, 0.1) is 16.5 Å². The number of rotatable bonds is 5. The maximum atomic E-state index is 11.6. The number of carboxylic acids is 1. The molecule has 1 aliphatic rings. The first-order valence-corrected chi connectivity index (χ1v) is 7.88. The van der Waals surface area contributed by atoms with Crippen molar-refractivity contribution in [2.24, 2.45) is 5.41 Å². The zero-order valence-corrected chi connectivity index (χ0v) is 13.4. The van der Waals surface area contributed by atoms with Gasteiger partial charge in [-0.2, -0.15) is 0 Å². The Morgan fingerprint density at radius 2 is 2.23 bits per heavy atom. The monoisotopic (exact) mass is 327 g/mol. The van der Waals surface area contributed by atoms with Crippen LogP contribution in [-0.4, -0.2) is 45.4 Å². The molecule has 22 heavy (non-hydrogen) atoms. The van der Waals surface area contributed by atoms with E-state index in [2.05, 4.69) is 0 Å². The highest BCUT2D eigenvalue weighted by molar-refractivity contribution is 6.32. The number of likely N-dealkylation sites (tertiary alicyclic amines) is 1. The number of carboxylic acid groups (broad SMARTS) is 1. The SMILES string of the molecule is CCC[C@]1(C(=O)O)CCN(Cc2cccc(O)c2Cl)C[C@@H]1O. The molecule has 0 spiro atoms. The summed E-state index contributed by atoms with van der Waals surface area (Å²) in [5, 5.41) is 29.8. The quantitative estimate of drug-likeness (QED) is 0.774. The largest absolute Gasteiger partial charge is 0.506 e. The molecule has 0 saturated carbocycles. The van der Waals surface area contributed by atoms with Crippen LogP contribution in [0, 0.1) is 5.41 Å². The first-order chi connectivity index (χ1) is 10.4. The van der Waals surface area contributed by atoms with Gasteiger partial charge in [-0.1, -0.05) is 37.1 Å². The Kier molecular flexibility index (Phi) is 5.32. The molecule has 2 rings (SSSR count). The first kappa shape index (κ1) is 17.1. The molecule has 0 unspecified atom stereocenters. The van der Waals surface area contributed by atoms with Crippen molar-refractivity contribution in [3.05, 3.63) is 28.8 Å². The lowest BCUT2D eigenvalue weighted by Crippen LogP contribution is -2.54. The van der Waals surface area contributed by atoms with Crippen LogP contribution in [0.4, 0.5) is 0 Å². The average molecular weight is 328 g/mol. The predicted molar refractivity (Wildman–Crippen MR) is 84.0 cm³/mol. The lowest BCUT2D eigenvalue weighted by molar-refractivity contribution is -0.164. The Bertz CT molecular complexity index is 551. The van der Waals surface area contributed by atoms with Gasteiger partial charge >= 0.3 is 5.97 Å². The molecule has 1 heterocycles. The standard InChI is InChI=1S/C16H22ClNO4/c1-2-6-16(15(21)22)7-8-18(10-13(16)20)9-11-4-3-5-12(19)14(11)17/h3-5,13,19-20H,2,6-10H2,1H3,(H,21,22)/t13-,16-/m0/s1. The Balaban J connectivity index is 2.09. The minimum Gasteiger partial charge on any atom is -0.506 e. The number of carbonyl (C=O) groups is 1. The van der Waals surface area contributed by atoms with Crippen molar-refractivity contribution in [2.75, 3.05) is 13.1 Å². The van der Waals surface area contributed by atoms with Crippen molar-refractivity contribution in [1.82, 2.24) is 4.90 Å². The van der Waals surface area contributed by atoms with E-state index in [4.69, 9.17) is 11.6 Å². The fourth-order valence-electron chi connectivity index (χ4n) is 3.20. The highest BCUT2D eigenvalue weighted by atomic mass is 35.5. The second-order valence-electron chi connectivity index (χ2n) is 5.96. The molecule has 3 N–H and O–H groups in total. The molecule has 0 amide bonds. The summed E-state index contributed by atoms with van der Waals surface area (Å²) in [6.45, 7) is 3.27. The zero-order chi connectivity index (χ0) is 16.3. The van der Waals surface area contributed by atoms with Gasteiger partial charge in [0.2, 0.25) is 0 Å². The number of phenolic OH excluding ortho intramolecular Hbond substituents is 1. The summed E-state index contributed by atoms with van der Waals surface area (Å²) in [4.78, 5) is 13.6. The molecule has 1 aromatic rings.